The summed E-state index contributed by atoms with van der Waals surface area (Å²) in [6.07, 6.45) is 0.980. The minimum atomic E-state index is -0.501. The van der Waals surface area contributed by atoms with E-state index in [1.54, 1.807) is 38.2 Å². The first kappa shape index (κ1) is 12.6. The van der Waals surface area contributed by atoms with E-state index in [0.29, 0.717) is 16.2 Å². The van der Waals surface area contributed by atoms with Crippen molar-refractivity contribution in [2.24, 2.45) is 0 Å². The normalized spacial score (nSPS) is 10.7. The van der Waals surface area contributed by atoms with Crippen molar-refractivity contribution < 1.29 is 9.53 Å². The van der Waals surface area contributed by atoms with Gasteiger partial charge in [-0.05, 0) is 38.1 Å². The molecule has 0 aliphatic carbocycles. The number of hydrogen-bond acceptors (Lipinski definition) is 3. The van der Waals surface area contributed by atoms with Gasteiger partial charge >= 0.3 is 6.09 Å². The number of carbonyl (C=O) groups is 1. The number of nitrogens with one attached hydrogen (secondary N) is 1. The second-order valence-corrected chi connectivity index (χ2v) is 4.48. The average molecular weight is 265 g/mol. The van der Waals surface area contributed by atoms with E-state index in [9.17, 15) is 4.79 Å². The number of carbonyl (C=O) groups excluding carboxylic acids is 1. The quantitative estimate of drug-likeness (QED) is 0.896. The number of aromatic nitrogens is 1. The number of pyridine rings is 1. The number of ether oxygens (including phenoxy) is 1. The maximum absolute atomic E-state index is 11.6. The summed E-state index contributed by atoms with van der Waals surface area (Å²) in [7, 11) is 0. The fourth-order valence-electron chi connectivity index (χ4n) is 1.59. The molecule has 1 aromatic heterocycles. The molecule has 1 heterocycles. The third-order valence-corrected chi connectivity index (χ3v) is 2.63. The predicted molar refractivity (Wildman–Crippen MR) is 72.0 cm³/mol. The fraction of sp³-hybridized carbons (Fsp3) is 0.231. The molecule has 0 spiro atoms. The third-order valence-electron chi connectivity index (χ3n) is 2.30. The molecule has 0 unspecified atom stereocenters. The van der Waals surface area contributed by atoms with Crippen molar-refractivity contribution in [3.8, 4) is 0 Å². The summed E-state index contributed by atoms with van der Waals surface area (Å²) < 4.78 is 5.02. The number of hydrogen-bond donors (Lipinski definition) is 1. The first-order chi connectivity index (χ1) is 8.58. The molecule has 0 fully saturated rings. The molecule has 2 aromatic rings. The zero-order chi connectivity index (χ0) is 13.1. The number of fused-ring (bicyclic) bond motifs is 1. The molecule has 1 aromatic carbocycles. The Kier molecular flexibility index (Phi) is 3.67. The van der Waals surface area contributed by atoms with Crippen LogP contribution in [0.25, 0.3) is 10.9 Å². The Hall–Kier alpha value is -1.81. The van der Waals surface area contributed by atoms with Crippen LogP contribution in [0.15, 0.2) is 30.5 Å². The topological polar surface area (TPSA) is 51.2 Å². The second kappa shape index (κ2) is 5.23. The predicted octanol–water partition coefficient (Wildman–Crippen LogP) is 3.85. The molecule has 0 atom stereocenters. The number of benzene rings is 1. The molecule has 0 aliphatic rings. The first-order valence-corrected chi connectivity index (χ1v) is 5.96. The largest absolute Gasteiger partial charge is 0.447 e. The molecule has 1 N–H and O–H groups in total. The van der Waals surface area contributed by atoms with Gasteiger partial charge < -0.3 is 4.74 Å². The van der Waals surface area contributed by atoms with E-state index in [2.05, 4.69) is 10.3 Å². The zero-order valence-electron chi connectivity index (χ0n) is 10.1. The monoisotopic (exact) mass is 264 g/mol. The number of nitrogens with zero attached hydrogens (tertiary/aromatic N) is 1. The van der Waals surface area contributed by atoms with E-state index in [4.69, 9.17) is 16.3 Å². The van der Waals surface area contributed by atoms with Crippen molar-refractivity contribution in [2.75, 3.05) is 5.32 Å². The van der Waals surface area contributed by atoms with Crippen molar-refractivity contribution in [1.29, 1.82) is 0 Å². The van der Waals surface area contributed by atoms with Crippen LogP contribution in [0.3, 0.4) is 0 Å². The molecule has 0 aliphatic heterocycles. The molecule has 2 rings (SSSR count). The fourth-order valence-corrected chi connectivity index (χ4v) is 1.81. The standard InChI is InChI=1S/C13H13ClN2O2/c1-8(2)18-13(17)16-11-6-5-10(14)9-4-3-7-15-12(9)11/h3-8H,1-2H3,(H,16,17). The van der Waals surface area contributed by atoms with Crippen molar-refractivity contribution in [1.82, 2.24) is 4.98 Å². The van der Waals surface area contributed by atoms with Gasteiger partial charge in [0.1, 0.15) is 0 Å². The van der Waals surface area contributed by atoms with Crippen LogP contribution in [-0.4, -0.2) is 17.2 Å². The van der Waals surface area contributed by atoms with Crippen LogP contribution >= 0.6 is 11.6 Å². The molecule has 94 valence electrons. The van der Waals surface area contributed by atoms with Gasteiger partial charge in [-0.2, -0.15) is 0 Å². The second-order valence-electron chi connectivity index (χ2n) is 4.07. The highest BCUT2D eigenvalue weighted by molar-refractivity contribution is 6.35. The first-order valence-electron chi connectivity index (χ1n) is 5.59. The van der Waals surface area contributed by atoms with Crippen molar-refractivity contribution >= 4 is 34.3 Å². The third kappa shape index (κ3) is 2.71. The van der Waals surface area contributed by atoms with E-state index < -0.39 is 6.09 Å². The lowest BCUT2D eigenvalue weighted by Crippen LogP contribution is -2.18. The van der Waals surface area contributed by atoms with Crippen molar-refractivity contribution in [3.05, 3.63) is 35.5 Å². The molecular formula is C13H13ClN2O2. The molecule has 0 bridgehead atoms. The SMILES string of the molecule is CC(C)OC(=O)Nc1ccc(Cl)c2cccnc12. The van der Waals surface area contributed by atoms with Gasteiger partial charge in [0.05, 0.1) is 22.3 Å². The van der Waals surface area contributed by atoms with Gasteiger partial charge in [0.15, 0.2) is 0 Å². The summed E-state index contributed by atoms with van der Waals surface area (Å²) in [5.74, 6) is 0. The molecule has 0 saturated heterocycles. The Labute approximate surface area is 110 Å². The minimum absolute atomic E-state index is 0.170. The maximum atomic E-state index is 11.6. The minimum Gasteiger partial charge on any atom is -0.447 e. The number of halogens is 1. The van der Waals surface area contributed by atoms with Gasteiger partial charge in [-0.15, -0.1) is 0 Å². The summed E-state index contributed by atoms with van der Waals surface area (Å²) in [4.78, 5) is 15.8. The van der Waals surface area contributed by atoms with Crippen molar-refractivity contribution in [3.63, 3.8) is 0 Å². The van der Waals surface area contributed by atoms with Gasteiger partial charge in [0, 0.05) is 11.6 Å². The van der Waals surface area contributed by atoms with Crippen LogP contribution in [0.5, 0.6) is 0 Å². The van der Waals surface area contributed by atoms with E-state index in [0.717, 1.165) is 5.39 Å². The van der Waals surface area contributed by atoms with Gasteiger partial charge in [0.2, 0.25) is 0 Å². The van der Waals surface area contributed by atoms with Gasteiger partial charge in [-0.3, -0.25) is 10.3 Å². The highest BCUT2D eigenvalue weighted by Crippen LogP contribution is 2.27. The molecule has 5 heteroatoms. The lowest BCUT2D eigenvalue weighted by molar-refractivity contribution is 0.130. The van der Waals surface area contributed by atoms with Crippen molar-refractivity contribution in [2.45, 2.75) is 20.0 Å². The Morgan fingerprint density at radius 2 is 2.17 bits per heavy atom. The highest BCUT2D eigenvalue weighted by atomic mass is 35.5. The summed E-state index contributed by atoms with van der Waals surface area (Å²) in [5.41, 5.74) is 1.23. The Balaban J connectivity index is 2.34. The molecule has 0 saturated carbocycles. The van der Waals surface area contributed by atoms with Crippen LogP contribution in [-0.2, 0) is 4.74 Å². The molecule has 4 nitrogen and oxygen atoms in total. The van der Waals surface area contributed by atoms with Crippen LogP contribution in [0, 0.1) is 0 Å². The summed E-state index contributed by atoms with van der Waals surface area (Å²) in [6.45, 7) is 3.58. The smallest absolute Gasteiger partial charge is 0.411 e. The highest BCUT2D eigenvalue weighted by Gasteiger charge is 2.10. The Bertz CT molecular complexity index is 584. The summed E-state index contributed by atoms with van der Waals surface area (Å²) >= 11 is 6.07. The lowest BCUT2D eigenvalue weighted by Gasteiger charge is -2.11. The van der Waals surface area contributed by atoms with E-state index >= 15 is 0 Å². The van der Waals surface area contributed by atoms with E-state index in [-0.39, 0.29) is 6.10 Å². The number of amides is 1. The Morgan fingerprint density at radius 3 is 2.89 bits per heavy atom. The average Bonchev–Trinajstić information content (AvgIpc) is 2.32. The van der Waals surface area contributed by atoms with E-state index in [1.807, 2.05) is 6.07 Å². The van der Waals surface area contributed by atoms with E-state index in [1.165, 1.54) is 0 Å². The number of anilines is 1. The number of rotatable bonds is 2. The zero-order valence-corrected chi connectivity index (χ0v) is 10.9. The molecule has 18 heavy (non-hydrogen) atoms. The van der Waals surface area contributed by atoms with Gasteiger partial charge in [-0.1, -0.05) is 11.6 Å². The Morgan fingerprint density at radius 1 is 1.39 bits per heavy atom. The van der Waals surface area contributed by atoms with Gasteiger partial charge in [-0.25, -0.2) is 4.79 Å². The van der Waals surface area contributed by atoms with Crippen LogP contribution in [0.4, 0.5) is 10.5 Å². The molecule has 0 radical (unpaired) electrons. The maximum Gasteiger partial charge on any atom is 0.411 e. The molecular weight excluding hydrogens is 252 g/mol. The van der Waals surface area contributed by atoms with Gasteiger partial charge in [0.25, 0.3) is 0 Å². The van der Waals surface area contributed by atoms with Crippen LogP contribution in [0.1, 0.15) is 13.8 Å². The van der Waals surface area contributed by atoms with Crippen LogP contribution in [0.2, 0.25) is 5.02 Å². The summed E-state index contributed by atoms with van der Waals surface area (Å²) in [5, 5.41) is 4.05. The lowest BCUT2D eigenvalue weighted by atomic mass is 10.2. The van der Waals surface area contributed by atoms with Crippen LogP contribution < -0.4 is 5.32 Å². The summed E-state index contributed by atoms with van der Waals surface area (Å²) in [6, 6.07) is 7.07. The molecule has 1 amide bonds.